The number of aryl methyl sites for hydroxylation is 1. The van der Waals surface area contributed by atoms with Crippen LogP contribution in [0.2, 0.25) is 0 Å². The minimum absolute atomic E-state index is 0.221. The average Bonchev–Trinajstić information content (AvgIpc) is 2.65. The van der Waals surface area contributed by atoms with Crippen LogP contribution in [0, 0.1) is 0 Å². The number of hydrazone groups is 1. The van der Waals surface area contributed by atoms with Crippen LogP contribution in [0.5, 0.6) is 0 Å². The Bertz CT molecular complexity index is 729. The molecular formula is C15H19N5O. The van der Waals surface area contributed by atoms with Crippen molar-refractivity contribution < 1.29 is 4.79 Å². The van der Waals surface area contributed by atoms with Crippen molar-refractivity contribution in [3.8, 4) is 0 Å². The number of amides is 1. The summed E-state index contributed by atoms with van der Waals surface area (Å²) in [5.74, 6) is -0.221. The quantitative estimate of drug-likeness (QED) is 0.740. The molecule has 0 bridgehead atoms. The smallest absolute Gasteiger partial charge is 0.272 e. The van der Waals surface area contributed by atoms with Gasteiger partial charge in [0.25, 0.3) is 5.91 Å². The van der Waals surface area contributed by atoms with Crippen molar-refractivity contribution in [3.63, 3.8) is 0 Å². The normalized spacial score (nSPS) is 13.8. The third-order valence-corrected chi connectivity index (χ3v) is 3.68. The van der Waals surface area contributed by atoms with Crippen LogP contribution in [0.4, 0.5) is 5.69 Å². The standard InChI is InChI=1S/C15H19N5O/c1-20(2)5-3-4-12-11-8-17-19-15(21)10-6-9(16)7-13(18-12)14(10)11/h6-8,18H,3-5,16H2,1-2H3,(H,19,21). The summed E-state index contributed by atoms with van der Waals surface area (Å²) >= 11 is 0. The van der Waals surface area contributed by atoms with Crippen LogP contribution in [-0.4, -0.2) is 42.6 Å². The summed E-state index contributed by atoms with van der Waals surface area (Å²) < 4.78 is 0. The Morgan fingerprint density at radius 1 is 1.33 bits per heavy atom. The van der Waals surface area contributed by atoms with Gasteiger partial charge in [0.15, 0.2) is 0 Å². The predicted octanol–water partition coefficient (Wildman–Crippen LogP) is 1.32. The van der Waals surface area contributed by atoms with Gasteiger partial charge < -0.3 is 15.6 Å². The summed E-state index contributed by atoms with van der Waals surface area (Å²) in [5.41, 5.74) is 12.5. The third kappa shape index (κ3) is 2.50. The van der Waals surface area contributed by atoms with E-state index in [1.54, 1.807) is 12.3 Å². The highest BCUT2D eigenvalue weighted by Gasteiger charge is 2.20. The molecule has 0 atom stereocenters. The number of hydrogen-bond acceptors (Lipinski definition) is 4. The fourth-order valence-corrected chi connectivity index (χ4v) is 2.74. The van der Waals surface area contributed by atoms with Crippen LogP contribution in [-0.2, 0) is 6.42 Å². The van der Waals surface area contributed by atoms with Crippen LogP contribution in [0.3, 0.4) is 0 Å². The van der Waals surface area contributed by atoms with Crippen LogP contribution in [0.15, 0.2) is 17.2 Å². The van der Waals surface area contributed by atoms with E-state index < -0.39 is 0 Å². The van der Waals surface area contributed by atoms with Gasteiger partial charge in [0, 0.05) is 27.8 Å². The molecule has 21 heavy (non-hydrogen) atoms. The Morgan fingerprint density at radius 2 is 2.14 bits per heavy atom. The lowest BCUT2D eigenvalue weighted by Gasteiger charge is -2.08. The zero-order chi connectivity index (χ0) is 15.0. The van der Waals surface area contributed by atoms with Gasteiger partial charge in [-0.05, 0) is 45.6 Å². The lowest BCUT2D eigenvalue weighted by Crippen LogP contribution is -2.16. The van der Waals surface area contributed by atoms with Gasteiger partial charge in [-0.2, -0.15) is 5.10 Å². The number of anilines is 1. The fraction of sp³-hybridized carbons (Fsp3) is 0.333. The van der Waals surface area contributed by atoms with E-state index in [-0.39, 0.29) is 5.91 Å². The number of benzene rings is 1. The van der Waals surface area contributed by atoms with Gasteiger partial charge >= 0.3 is 0 Å². The second-order valence-electron chi connectivity index (χ2n) is 5.61. The highest BCUT2D eigenvalue weighted by atomic mass is 16.2. The fourth-order valence-electron chi connectivity index (χ4n) is 2.74. The Hall–Kier alpha value is -2.34. The maximum absolute atomic E-state index is 12.1. The molecule has 3 rings (SSSR count). The van der Waals surface area contributed by atoms with Gasteiger partial charge in [0.05, 0.1) is 11.8 Å². The van der Waals surface area contributed by atoms with Crippen LogP contribution in [0.1, 0.15) is 28.0 Å². The molecule has 6 heteroatoms. The van der Waals surface area contributed by atoms with Crippen molar-refractivity contribution in [2.45, 2.75) is 12.8 Å². The SMILES string of the molecule is CN(C)CCCc1[nH]c2cc(N)cc3c2c1C=NNC3=O. The molecule has 2 aromatic rings. The Morgan fingerprint density at radius 3 is 2.90 bits per heavy atom. The molecule has 0 saturated carbocycles. The van der Waals surface area contributed by atoms with E-state index in [1.165, 1.54) is 0 Å². The first-order valence-electron chi connectivity index (χ1n) is 6.98. The highest BCUT2D eigenvalue weighted by Crippen LogP contribution is 2.29. The van der Waals surface area contributed by atoms with Crippen molar-refractivity contribution >= 4 is 28.7 Å². The first kappa shape index (κ1) is 13.6. The maximum atomic E-state index is 12.1. The number of nitrogens with zero attached hydrogens (tertiary/aromatic N) is 2. The van der Waals surface area contributed by atoms with Crippen molar-refractivity contribution in [1.82, 2.24) is 15.3 Å². The summed E-state index contributed by atoms with van der Waals surface area (Å²) in [7, 11) is 4.12. The van der Waals surface area contributed by atoms with E-state index in [1.807, 2.05) is 6.07 Å². The largest absolute Gasteiger partial charge is 0.399 e. The zero-order valence-corrected chi connectivity index (χ0v) is 12.2. The molecule has 1 aliphatic rings. The van der Waals surface area contributed by atoms with E-state index in [0.717, 1.165) is 41.5 Å². The van der Waals surface area contributed by atoms with Gasteiger partial charge in [-0.1, -0.05) is 0 Å². The molecule has 0 unspecified atom stereocenters. The number of aromatic amines is 1. The minimum Gasteiger partial charge on any atom is -0.399 e. The number of aromatic nitrogens is 1. The molecule has 1 aromatic carbocycles. The lowest BCUT2D eigenvalue weighted by molar-refractivity contribution is 0.0957. The molecule has 1 aromatic heterocycles. The number of hydrogen-bond donors (Lipinski definition) is 3. The topological polar surface area (TPSA) is 86.5 Å². The number of H-pyrrole nitrogens is 1. The molecule has 0 aliphatic carbocycles. The Kier molecular flexibility index (Phi) is 3.39. The highest BCUT2D eigenvalue weighted by molar-refractivity contribution is 6.15. The number of nitrogens with one attached hydrogen (secondary N) is 2. The number of carbonyl (C=O) groups is 1. The van der Waals surface area contributed by atoms with Crippen molar-refractivity contribution in [1.29, 1.82) is 0 Å². The van der Waals surface area contributed by atoms with Crippen LogP contribution in [0.25, 0.3) is 10.9 Å². The van der Waals surface area contributed by atoms with Crippen LogP contribution < -0.4 is 11.2 Å². The maximum Gasteiger partial charge on any atom is 0.272 e. The summed E-state index contributed by atoms with van der Waals surface area (Å²) in [6.45, 7) is 1.01. The molecule has 4 N–H and O–H groups in total. The third-order valence-electron chi connectivity index (χ3n) is 3.68. The molecule has 1 amide bonds. The lowest BCUT2D eigenvalue weighted by atomic mass is 10.0. The molecule has 2 heterocycles. The molecule has 0 radical (unpaired) electrons. The van der Waals surface area contributed by atoms with Gasteiger partial charge in [0.1, 0.15) is 0 Å². The number of nitrogens with two attached hydrogens (primary N) is 1. The average molecular weight is 285 g/mol. The first-order chi connectivity index (χ1) is 10.1. The van der Waals surface area contributed by atoms with E-state index >= 15 is 0 Å². The summed E-state index contributed by atoms with van der Waals surface area (Å²) in [6.07, 6.45) is 3.66. The zero-order valence-electron chi connectivity index (χ0n) is 12.2. The van der Waals surface area contributed by atoms with Gasteiger partial charge in [0.2, 0.25) is 0 Å². The summed E-state index contributed by atoms with van der Waals surface area (Å²) in [4.78, 5) is 17.6. The van der Waals surface area contributed by atoms with Crippen molar-refractivity contribution in [2.24, 2.45) is 5.10 Å². The van der Waals surface area contributed by atoms with Gasteiger partial charge in [-0.25, -0.2) is 5.43 Å². The molecule has 110 valence electrons. The summed E-state index contributed by atoms with van der Waals surface area (Å²) in [5, 5.41) is 4.91. The Labute approximate surface area is 123 Å². The number of carbonyl (C=O) groups excluding carboxylic acids is 1. The molecule has 1 aliphatic heterocycles. The van der Waals surface area contributed by atoms with Crippen LogP contribution >= 0.6 is 0 Å². The second-order valence-corrected chi connectivity index (χ2v) is 5.61. The first-order valence-corrected chi connectivity index (χ1v) is 6.98. The second kappa shape index (κ2) is 5.21. The van der Waals surface area contributed by atoms with Gasteiger partial charge in [-0.3, -0.25) is 4.79 Å². The number of nitrogen functional groups attached to an aromatic ring is 1. The van der Waals surface area contributed by atoms with Gasteiger partial charge in [-0.15, -0.1) is 0 Å². The monoisotopic (exact) mass is 285 g/mol. The molecule has 6 nitrogen and oxygen atoms in total. The molecule has 0 fully saturated rings. The summed E-state index contributed by atoms with van der Waals surface area (Å²) in [6, 6.07) is 3.57. The van der Waals surface area contributed by atoms with Crippen molar-refractivity contribution in [2.75, 3.05) is 26.4 Å². The molecule has 0 spiro atoms. The molecular weight excluding hydrogens is 266 g/mol. The van der Waals surface area contributed by atoms with E-state index in [4.69, 9.17) is 5.73 Å². The van der Waals surface area contributed by atoms with E-state index in [2.05, 4.69) is 34.5 Å². The Balaban J connectivity index is 2.08. The van der Waals surface area contributed by atoms with E-state index in [9.17, 15) is 4.79 Å². The minimum atomic E-state index is -0.221. The van der Waals surface area contributed by atoms with E-state index in [0.29, 0.717) is 11.3 Å². The molecule has 0 saturated heterocycles. The number of rotatable bonds is 4. The predicted molar refractivity (Wildman–Crippen MR) is 84.6 cm³/mol. The van der Waals surface area contributed by atoms with Crippen molar-refractivity contribution in [3.05, 3.63) is 29.0 Å².